The Morgan fingerprint density at radius 1 is 0.925 bits per heavy atom. The number of amides is 1. The van der Waals surface area contributed by atoms with E-state index >= 15 is 0 Å². The molecule has 3 aromatic carbocycles. The van der Waals surface area contributed by atoms with Crippen molar-refractivity contribution in [3.05, 3.63) is 112 Å². The summed E-state index contributed by atoms with van der Waals surface area (Å²) in [7, 11) is -4.01. The van der Waals surface area contributed by atoms with E-state index in [4.69, 9.17) is 0 Å². The van der Waals surface area contributed by atoms with Crippen LogP contribution in [0.4, 0.5) is 5.69 Å². The summed E-state index contributed by atoms with van der Waals surface area (Å²) in [5, 5.41) is 4.18. The van der Waals surface area contributed by atoms with Gasteiger partial charge in [-0.25, -0.2) is 13.8 Å². The van der Waals surface area contributed by atoms with Crippen molar-refractivity contribution in [3.63, 3.8) is 0 Å². The fraction of sp³-hybridized carbons (Fsp3) is 0.250. The molecule has 0 bridgehead atoms. The third-order valence-electron chi connectivity index (χ3n) is 6.99. The quantitative estimate of drug-likeness (QED) is 0.205. The molecule has 0 atom stereocenters. The van der Waals surface area contributed by atoms with E-state index in [1.165, 1.54) is 11.1 Å². The van der Waals surface area contributed by atoms with Gasteiger partial charge < -0.3 is 4.57 Å². The van der Waals surface area contributed by atoms with Crippen LogP contribution in [0.2, 0.25) is 0 Å². The van der Waals surface area contributed by atoms with Crippen molar-refractivity contribution in [2.24, 2.45) is 5.10 Å². The Labute approximate surface area is 237 Å². The van der Waals surface area contributed by atoms with Crippen LogP contribution >= 0.6 is 0 Å². The first kappa shape index (κ1) is 28.8. The summed E-state index contributed by atoms with van der Waals surface area (Å²) in [5.41, 5.74) is 11.1. The first-order chi connectivity index (χ1) is 19.0. The molecular weight excluding hydrogens is 520 g/mol. The number of nitrogens with one attached hydrogen (secondary N) is 1. The predicted molar refractivity (Wildman–Crippen MR) is 162 cm³/mol. The summed E-state index contributed by atoms with van der Waals surface area (Å²) in [6.45, 7) is 11.6. The Morgan fingerprint density at radius 2 is 1.60 bits per heavy atom. The molecule has 208 valence electrons. The Kier molecular flexibility index (Phi) is 8.59. The molecule has 0 aliphatic heterocycles. The molecule has 4 rings (SSSR count). The van der Waals surface area contributed by atoms with Crippen molar-refractivity contribution >= 4 is 27.8 Å². The second-order valence-electron chi connectivity index (χ2n) is 10.1. The molecule has 0 aliphatic rings. The van der Waals surface area contributed by atoms with E-state index in [0.717, 1.165) is 38.1 Å². The maximum Gasteiger partial charge on any atom is 0.264 e. The highest BCUT2D eigenvalue weighted by Crippen LogP contribution is 2.28. The first-order valence-electron chi connectivity index (χ1n) is 13.3. The molecular formula is C32H36N4O3S. The van der Waals surface area contributed by atoms with Gasteiger partial charge in [0.05, 0.1) is 16.8 Å². The molecule has 0 radical (unpaired) electrons. The molecule has 7 nitrogen and oxygen atoms in total. The van der Waals surface area contributed by atoms with Gasteiger partial charge in [0.15, 0.2) is 0 Å². The molecule has 40 heavy (non-hydrogen) atoms. The number of para-hydroxylation sites is 1. The van der Waals surface area contributed by atoms with Crippen molar-refractivity contribution in [2.75, 3.05) is 10.8 Å². The van der Waals surface area contributed by atoms with Crippen LogP contribution in [0.5, 0.6) is 0 Å². The van der Waals surface area contributed by atoms with Crippen LogP contribution in [0.1, 0.15) is 46.1 Å². The summed E-state index contributed by atoms with van der Waals surface area (Å²) < 4.78 is 30.8. The van der Waals surface area contributed by atoms with Crippen molar-refractivity contribution in [2.45, 2.75) is 52.9 Å². The first-order valence-corrected chi connectivity index (χ1v) is 14.7. The molecule has 1 heterocycles. The van der Waals surface area contributed by atoms with Crippen LogP contribution in [0.3, 0.4) is 0 Å². The largest absolute Gasteiger partial charge is 0.318 e. The summed E-state index contributed by atoms with van der Waals surface area (Å²) in [6.07, 6.45) is 2.21. The van der Waals surface area contributed by atoms with Gasteiger partial charge >= 0.3 is 0 Å². The van der Waals surface area contributed by atoms with Gasteiger partial charge in [-0.05, 0) is 82.5 Å². The summed E-state index contributed by atoms with van der Waals surface area (Å²) >= 11 is 0. The monoisotopic (exact) mass is 556 g/mol. The molecule has 8 heteroatoms. The summed E-state index contributed by atoms with van der Waals surface area (Å²) in [4.78, 5) is 13.2. The smallest absolute Gasteiger partial charge is 0.264 e. The molecule has 1 N–H and O–H groups in total. The van der Waals surface area contributed by atoms with E-state index in [1.54, 1.807) is 42.6 Å². The average molecular weight is 557 g/mol. The fourth-order valence-corrected chi connectivity index (χ4v) is 6.33. The summed E-state index contributed by atoms with van der Waals surface area (Å²) in [6, 6.07) is 22.2. The number of aryl methyl sites for hydroxylation is 5. The van der Waals surface area contributed by atoms with Crippen LogP contribution in [0, 0.1) is 34.6 Å². The van der Waals surface area contributed by atoms with Crippen LogP contribution in [-0.4, -0.2) is 31.7 Å². The SMILES string of the molecule is CCc1ccccc1N(CC(=O)N/N=C\c1cc(C)n(-c2ccc(C)cc2C)c1C)S(=O)(=O)c1ccc(C)cc1. The molecule has 0 aliphatic carbocycles. The highest BCUT2D eigenvalue weighted by Gasteiger charge is 2.28. The zero-order valence-electron chi connectivity index (χ0n) is 23.9. The van der Waals surface area contributed by atoms with E-state index in [0.29, 0.717) is 12.1 Å². The van der Waals surface area contributed by atoms with Crippen molar-refractivity contribution in [1.29, 1.82) is 0 Å². The van der Waals surface area contributed by atoms with E-state index in [9.17, 15) is 13.2 Å². The number of aromatic nitrogens is 1. The number of carbonyl (C=O) groups is 1. The number of nitrogens with zero attached hydrogens (tertiary/aromatic N) is 3. The molecule has 0 saturated heterocycles. The van der Waals surface area contributed by atoms with Gasteiger partial charge in [0, 0.05) is 22.6 Å². The van der Waals surface area contributed by atoms with E-state index in [1.807, 2.05) is 45.9 Å². The van der Waals surface area contributed by atoms with Crippen molar-refractivity contribution in [1.82, 2.24) is 9.99 Å². The standard InChI is InChI=1S/C32H36N4O3S/c1-7-27-10-8-9-11-31(27)35(40(38,39)29-15-12-22(2)13-16-29)21-32(37)34-33-20-28-19-25(5)36(26(28)6)30-17-14-23(3)18-24(30)4/h8-20H,7,21H2,1-6H3,(H,34,37)/b33-20-. The van der Waals surface area contributed by atoms with Gasteiger partial charge in [-0.1, -0.05) is 60.5 Å². The number of rotatable bonds is 9. The van der Waals surface area contributed by atoms with Crippen LogP contribution in [0.15, 0.2) is 82.8 Å². The molecule has 0 saturated carbocycles. The second kappa shape index (κ2) is 11.9. The number of carbonyl (C=O) groups excluding carboxylic acids is 1. The summed E-state index contributed by atoms with van der Waals surface area (Å²) in [5.74, 6) is -0.541. The molecule has 1 amide bonds. The number of sulfonamides is 1. The Morgan fingerprint density at radius 3 is 2.27 bits per heavy atom. The molecule has 1 aromatic heterocycles. The minimum Gasteiger partial charge on any atom is -0.318 e. The zero-order chi connectivity index (χ0) is 29.0. The zero-order valence-corrected chi connectivity index (χ0v) is 24.7. The fourth-order valence-electron chi connectivity index (χ4n) is 4.88. The minimum atomic E-state index is -4.01. The highest BCUT2D eigenvalue weighted by molar-refractivity contribution is 7.92. The van der Waals surface area contributed by atoms with Gasteiger partial charge in [-0.3, -0.25) is 9.10 Å². The number of hydrogen-bond donors (Lipinski definition) is 1. The lowest BCUT2D eigenvalue weighted by Crippen LogP contribution is -2.40. The van der Waals surface area contributed by atoms with Crippen LogP contribution in [0.25, 0.3) is 5.69 Å². The Hall–Kier alpha value is -4.17. The minimum absolute atomic E-state index is 0.124. The predicted octanol–water partition coefficient (Wildman–Crippen LogP) is 5.93. The highest BCUT2D eigenvalue weighted by atomic mass is 32.2. The lowest BCUT2D eigenvalue weighted by atomic mass is 10.1. The average Bonchev–Trinajstić information content (AvgIpc) is 3.20. The van der Waals surface area contributed by atoms with Crippen molar-refractivity contribution < 1.29 is 13.2 Å². The normalized spacial score (nSPS) is 11.7. The third kappa shape index (κ3) is 6.02. The molecule has 4 aromatic rings. The van der Waals surface area contributed by atoms with E-state index in [-0.39, 0.29) is 4.90 Å². The maximum atomic E-state index is 13.7. The van der Waals surface area contributed by atoms with Gasteiger partial charge in [0.2, 0.25) is 0 Å². The van der Waals surface area contributed by atoms with E-state index in [2.05, 4.69) is 47.1 Å². The second-order valence-corrected chi connectivity index (χ2v) is 11.9. The lowest BCUT2D eigenvalue weighted by molar-refractivity contribution is -0.119. The third-order valence-corrected chi connectivity index (χ3v) is 8.77. The number of benzene rings is 3. The van der Waals surface area contributed by atoms with Gasteiger partial charge in [0.1, 0.15) is 6.54 Å². The lowest BCUT2D eigenvalue weighted by Gasteiger charge is -2.25. The Balaban J connectivity index is 1.59. The molecule has 0 unspecified atom stereocenters. The maximum absolute atomic E-state index is 13.7. The van der Waals surface area contributed by atoms with Gasteiger partial charge in [0.25, 0.3) is 15.9 Å². The number of hydrogen-bond acceptors (Lipinski definition) is 4. The topological polar surface area (TPSA) is 83.8 Å². The number of anilines is 1. The number of hydrazone groups is 1. The molecule has 0 spiro atoms. The van der Waals surface area contributed by atoms with Gasteiger partial charge in [-0.15, -0.1) is 0 Å². The van der Waals surface area contributed by atoms with E-state index < -0.39 is 22.5 Å². The molecule has 0 fully saturated rings. The Bertz CT molecular complexity index is 1670. The van der Waals surface area contributed by atoms with Gasteiger partial charge in [-0.2, -0.15) is 5.10 Å². The van der Waals surface area contributed by atoms with Crippen LogP contribution < -0.4 is 9.73 Å². The van der Waals surface area contributed by atoms with Crippen LogP contribution in [-0.2, 0) is 21.2 Å². The van der Waals surface area contributed by atoms with Crippen molar-refractivity contribution in [3.8, 4) is 5.69 Å².